The molecule has 1 saturated carbocycles. The van der Waals surface area contributed by atoms with Gasteiger partial charge in [-0.3, -0.25) is 4.79 Å². The lowest BCUT2D eigenvalue weighted by Crippen LogP contribution is -2.15. The van der Waals surface area contributed by atoms with Gasteiger partial charge in [0.1, 0.15) is 0 Å². The van der Waals surface area contributed by atoms with E-state index in [0.29, 0.717) is 11.8 Å². The van der Waals surface area contributed by atoms with Gasteiger partial charge in [-0.05, 0) is 62.1 Å². The van der Waals surface area contributed by atoms with Gasteiger partial charge in [0.2, 0.25) is 5.91 Å². The van der Waals surface area contributed by atoms with Crippen molar-refractivity contribution in [1.82, 2.24) is 0 Å². The van der Waals surface area contributed by atoms with Gasteiger partial charge in [0.25, 0.3) is 0 Å². The number of carbonyl (C=O) groups is 1. The van der Waals surface area contributed by atoms with Gasteiger partial charge < -0.3 is 5.32 Å². The smallest absolute Gasteiger partial charge is 0.228 e. The first-order chi connectivity index (χ1) is 9.25. The average molecular weight is 255 g/mol. The number of allylic oxidation sites excluding steroid dienone is 2. The van der Waals surface area contributed by atoms with Gasteiger partial charge in [-0.1, -0.05) is 24.3 Å². The molecule has 1 aromatic rings. The van der Waals surface area contributed by atoms with Crippen LogP contribution in [0.15, 0.2) is 36.4 Å². The van der Waals surface area contributed by atoms with Crippen molar-refractivity contribution in [2.75, 3.05) is 5.32 Å². The minimum absolute atomic E-state index is 0.225. The normalized spacial score (nSPS) is 30.7. The second-order valence-electron chi connectivity index (χ2n) is 5.84. The minimum atomic E-state index is 0.225. The number of carbonyl (C=O) groups excluding carboxylic acids is 1. The van der Waals surface area contributed by atoms with E-state index in [1.807, 2.05) is 31.2 Å². The van der Waals surface area contributed by atoms with Crippen molar-refractivity contribution >= 4 is 11.6 Å². The van der Waals surface area contributed by atoms with Crippen LogP contribution in [0.3, 0.4) is 0 Å². The standard InChI is InChI=1S/C17H21NO/c1-12-7-6-8-13(11-12)18-17(19)16-14-9-4-2-3-5-10-15(14)16/h2-3,6-8,11,14-16H,4-5,9-10H2,1H3,(H,18,19)/b3-2-/t14-,15-/m1/s1. The van der Waals surface area contributed by atoms with Crippen LogP contribution in [0, 0.1) is 24.7 Å². The van der Waals surface area contributed by atoms with Crippen LogP contribution in [0.25, 0.3) is 0 Å². The van der Waals surface area contributed by atoms with Crippen LogP contribution in [0.5, 0.6) is 0 Å². The summed E-state index contributed by atoms with van der Waals surface area (Å²) in [6.07, 6.45) is 9.15. The number of hydrogen-bond donors (Lipinski definition) is 1. The first-order valence-corrected chi connectivity index (χ1v) is 7.28. The Kier molecular flexibility index (Phi) is 3.41. The fraction of sp³-hybridized carbons (Fsp3) is 0.471. The average Bonchev–Trinajstić information content (AvgIpc) is 3.00. The Morgan fingerprint density at radius 1 is 1.16 bits per heavy atom. The number of amides is 1. The van der Waals surface area contributed by atoms with Crippen LogP contribution in [0.2, 0.25) is 0 Å². The SMILES string of the molecule is Cc1cccc(NC(=O)C2[C@@H]3CC/C=C\CC[C@@H]23)c1. The lowest BCUT2D eigenvalue weighted by Gasteiger charge is -2.05. The van der Waals surface area contributed by atoms with E-state index in [0.717, 1.165) is 18.5 Å². The van der Waals surface area contributed by atoms with Gasteiger partial charge in [-0.25, -0.2) is 0 Å². The summed E-state index contributed by atoms with van der Waals surface area (Å²) >= 11 is 0. The van der Waals surface area contributed by atoms with Crippen LogP contribution in [-0.4, -0.2) is 5.91 Å². The van der Waals surface area contributed by atoms with E-state index in [1.54, 1.807) is 0 Å². The Balaban J connectivity index is 1.63. The molecule has 1 aromatic carbocycles. The van der Waals surface area contributed by atoms with Crippen LogP contribution < -0.4 is 5.32 Å². The summed E-state index contributed by atoms with van der Waals surface area (Å²) in [7, 11) is 0. The first-order valence-electron chi connectivity index (χ1n) is 7.28. The zero-order valence-corrected chi connectivity index (χ0v) is 11.4. The Morgan fingerprint density at radius 3 is 2.47 bits per heavy atom. The number of rotatable bonds is 2. The highest BCUT2D eigenvalue weighted by Gasteiger charge is 2.53. The number of fused-ring (bicyclic) bond motifs is 1. The quantitative estimate of drug-likeness (QED) is 0.797. The van der Waals surface area contributed by atoms with Crippen molar-refractivity contribution in [1.29, 1.82) is 0 Å². The fourth-order valence-corrected chi connectivity index (χ4v) is 3.38. The topological polar surface area (TPSA) is 29.1 Å². The van der Waals surface area contributed by atoms with Gasteiger partial charge >= 0.3 is 0 Å². The molecule has 19 heavy (non-hydrogen) atoms. The van der Waals surface area contributed by atoms with Crippen molar-refractivity contribution in [2.45, 2.75) is 32.6 Å². The summed E-state index contributed by atoms with van der Waals surface area (Å²) in [6.45, 7) is 2.05. The maximum absolute atomic E-state index is 12.3. The van der Waals surface area contributed by atoms with Gasteiger partial charge in [-0.2, -0.15) is 0 Å². The first kappa shape index (κ1) is 12.5. The van der Waals surface area contributed by atoms with E-state index in [9.17, 15) is 4.79 Å². The zero-order chi connectivity index (χ0) is 13.2. The summed E-state index contributed by atoms with van der Waals surface area (Å²) < 4.78 is 0. The molecule has 2 atom stereocenters. The van der Waals surface area contributed by atoms with E-state index in [2.05, 4.69) is 17.5 Å². The minimum Gasteiger partial charge on any atom is -0.326 e. The maximum Gasteiger partial charge on any atom is 0.228 e. The molecule has 0 spiro atoms. The van der Waals surface area contributed by atoms with Gasteiger partial charge in [0.15, 0.2) is 0 Å². The number of anilines is 1. The van der Waals surface area contributed by atoms with E-state index in [4.69, 9.17) is 0 Å². The number of aryl methyl sites for hydroxylation is 1. The molecule has 0 unspecified atom stereocenters. The second kappa shape index (κ2) is 5.20. The van der Waals surface area contributed by atoms with Crippen molar-refractivity contribution in [3.05, 3.63) is 42.0 Å². The predicted molar refractivity (Wildman–Crippen MR) is 77.9 cm³/mol. The molecule has 1 N–H and O–H groups in total. The molecule has 2 aliphatic rings. The Hall–Kier alpha value is -1.57. The summed E-state index contributed by atoms with van der Waals surface area (Å²) in [5.41, 5.74) is 2.12. The highest BCUT2D eigenvalue weighted by atomic mass is 16.2. The van der Waals surface area contributed by atoms with Gasteiger partial charge in [0.05, 0.1) is 0 Å². The van der Waals surface area contributed by atoms with E-state index in [-0.39, 0.29) is 11.8 Å². The molecule has 0 saturated heterocycles. The molecule has 0 heterocycles. The second-order valence-corrected chi connectivity index (χ2v) is 5.84. The molecule has 3 rings (SSSR count). The summed E-state index contributed by atoms with van der Waals surface area (Å²) in [5.74, 6) is 1.72. The van der Waals surface area contributed by atoms with E-state index in [1.165, 1.54) is 18.4 Å². The molecule has 0 radical (unpaired) electrons. The van der Waals surface area contributed by atoms with Crippen LogP contribution in [0.1, 0.15) is 31.2 Å². The predicted octanol–water partition coefficient (Wildman–Crippen LogP) is 3.93. The maximum atomic E-state index is 12.3. The van der Waals surface area contributed by atoms with Crippen molar-refractivity contribution in [2.24, 2.45) is 17.8 Å². The molecule has 0 aromatic heterocycles. The monoisotopic (exact) mass is 255 g/mol. The molecular weight excluding hydrogens is 234 g/mol. The molecule has 2 aliphatic carbocycles. The molecule has 1 amide bonds. The third kappa shape index (κ3) is 2.73. The molecule has 2 heteroatoms. The molecule has 2 nitrogen and oxygen atoms in total. The zero-order valence-electron chi connectivity index (χ0n) is 11.4. The third-order valence-electron chi connectivity index (χ3n) is 4.42. The van der Waals surface area contributed by atoms with Gasteiger partial charge in [0, 0.05) is 11.6 Å². The van der Waals surface area contributed by atoms with Crippen LogP contribution in [-0.2, 0) is 4.79 Å². The summed E-state index contributed by atoms with van der Waals surface area (Å²) in [6, 6.07) is 8.04. The highest BCUT2D eigenvalue weighted by molar-refractivity contribution is 5.94. The number of hydrogen-bond acceptors (Lipinski definition) is 1. The lowest BCUT2D eigenvalue weighted by atomic mass is 10.1. The van der Waals surface area contributed by atoms with Crippen molar-refractivity contribution in [3.63, 3.8) is 0 Å². The van der Waals surface area contributed by atoms with Gasteiger partial charge in [-0.15, -0.1) is 0 Å². The van der Waals surface area contributed by atoms with Crippen LogP contribution in [0.4, 0.5) is 5.69 Å². The lowest BCUT2D eigenvalue weighted by molar-refractivity contribution is -0.117. The van der Waals surface area contributed by atoms with E-state index < -0.39 is 0 Å². The molecule has 1 fully saturated rings. The van der Waals surface area contributed by atoms with Crippen molar-refractivity contribution < 1.29 is 4.79 Å². The van der Waals surface area contributed by atoms with Crippen LogP contribution >= 0.6 is 0 Å². The highest BCUT2D eigenvalue weighted by Crippen LogP contribution is 2.53. The van der Waals surface area contributed by atoms with Crippen molar-refractivity contribution in [3.8, 4) is 0 Å². The Bertz CT molecular complexity index is 490. The molecule has 100 valence electrons. The fourth-order valence-electron chi connectivity index (χ4n) is 3.38. The molecule has 0 bridgehead atoms. The number of benzene rings is 1. The summed E-state index contributed by atoms with van der Waals surface area (Å²) in [5, 5.41) is 3.08. The summed E-state index contributed by atoms with van der Waals surface area (Å²) in [4.78, 5) is 12.3. The third-order valence-corrected chi connectivity index (χ3v) is 4.42. The molecule has 0 aliphatic heterocycles. The van der Waals surface area contributed by atoms with E-state index >= 15 is 0 Å². The Labute approximate surface area is 114 Å². The largest absolute Gasteiger partial charge is 0.326 e. The number of nitrogens with one attached hydrogen (secondary N) is 1. The molecular formula is C17H21NO. The Morgan fingerprint density at radius 2 is 1.84 bits per heavy atom.